The lowest BCUT2D eigenvalue weighted by molar-refractivity contribution is -0.138. The zero-order chi connectivity index (χ0) is 29.1. The number of nitrogens with zero attached hydrogens (tertiary/aromatic N) is 2. The molecule has 4 aromatic rings. The molecular weight excluding hydrogens is 786 g/mol. The third-order valence-electron chi connectivity index (χ3n) is 6.18. The minimum atomic E-state index is -0.764. The molecule has 1 aromatic heterocycles. The summed E-state index contributed by atoms with van der Waals surface area (Å²) in [5.41, 5.74) is 2.79. The van der Waals surface area contributed by atoms with Crippen LogP contribution >= 0.6 is 68.1 Å². The monoisotopic (exact) mass is 806 g/mol. The molecule has 0 saturated heterocycles. The van der Waals surface area contributed by atoms with Crippen LogP contribution in [0.2, 0.25) is 5.02 Å². The molecule has 0 radical (unpaired) electrons. The van der Waals surface area contributed by atoms with E-state index in [1.54, 1.807) is 23.6 Å². The topological polar surface area (TPSA) is 69.9 Å². The fraction of sp³-hybridized carbons (Fsp3) is 0.129. The molecule has 3 aromatic carbocycles. The third-order valence-corrected chi connectivity index (χ3v) is 9.02. The first-order chi connectivity index (χ1) is 19.8. The molecule has 0 N–H and O–H groups in total. The highest BCUT2D eigenvalue weighted by Crippen LogP contribution is 2.35. The molecule has 1 aliphatic heterocycles. The molecule has 2 heterocycles. The maximum atomic E-state index is 14.0. The highest BCUT2D eigenvalue weighted by atomic mass is 127. The number of aromatic nitrogens is 1. The summed E-state index contributed by atoms with van der Waals surface area (Å²) < 4.78 is 15.0. The van der Waals surface area contributed by atoms with Crippen molar-refractivity contribution in [3.05, 3.63) is 121 Å². The predicted molar refractivity (Wildman–Crippen MR) is 179 cm³/mol. The number of terminal acetylenes is 1. The van der Waals surface area contributed by atoms with Gasteiger partial charge < -0.3 is 9.47 Å². The average Bonchev–Trinajstić information content (AvgIpc) is 3.27. The van der Waals surface area contributed by atoms with E-state index >= 15 is 0 Å². The van der Waals surface area contributed by atoms with E-state index in [1.807, 2.05) is 60.7 Å². The molecular formula is C31H21ClI2N2O4S. The Hall–Kier alpha value is -2.92. The smallest absolute Gasteiger partial charge is 0.338 e. The van der Waals surface area contributed by atoms with Crippen molar-refractivity contribution in [2.75, 3.05) is 13.2 Å². The van der Waals surface area contributed by atoms with Crippen LogP contribution in [0, 0.1) is 19.5 Å². The van der Waals surface area contributed by atoms with Crippen LogP contribution in [-0.2, 0) is 9.53 Å². The van der Waals surface area contributed by atoms with Crippen molar-refractivity contribution >= 4 is 85.9 Å². The summed E-state index contributed by atoms with van der Waals surface area (Å²) in [5.74, 6) is 2.66. The Morgan fingerprint density at radius 1 is 1.15 bits per heavy atom. The summed E-state index contributed by atoms with van der Waals surface area (Å²) in [7, 11) is 0. The van der Waals surface area contributed by atoms with E-state index in [4.69, 9.17) is 32.5 Å². The van der Waals surface area contributed by atoms with E-state index < -0.39 is 12.0 Å². The molecule has 1 atom stereocenters. The lowest BCUT2D eigenvalue weighted by atomic mass is 9.93. The second kappa shape index (κ2) is 12.9. The van der Waals surface area contributed by atoms with E-state index in [1.165, 1.54) is 11.3 Å². The van der Waals surface area contributed by atoms with Crippen molar-refractivity contribution in [3.8, 4) is 18.1 Å². The number of carbonyl (C=O) groups excluding carboxylic acids is 1. The molecule has 10 heteroatoms. The Balaban J connectivity index is 1.76. The quantitative estimate of drug-likeness (QED) is 0.135. The summed E-state index contributed by atoms with van der Waals surface area (Å²) in [6.45, 7) is 2.10. The number of hydrogen-bond acceptors (Lipinski definition) is 6. The highest BCUT2D eigenvalue weighted by molar-refractivity contribution is 14.1. The third kappa shape index (κ3) is 6.16. The van der Waals surface area contributed by atoms with Gasteiger partial charge in [0.15, 0.2) is 4.80 Å². The van der Waals surface area contributed by atoms with Gasteiger partial charge in [0.1, 0.15) is 12.4 Å². The van der Waals surface area contributed by atoms with Crippen molar-refractivity contribution in [1.29, 1.82) is 0 Å². The van der Waals surface area contributed by atoms with Gasteiger partial charge in [0.05, 0.1) is 35.6 Å². The molecule has 6 nitrogen and oxygen atoms in total. The molecule has 0 aliphatic carbocycles. The Morgan fingerprint density at radius 3 is 2.46 bits per heavy atom. The lowest BCUT2D eigenvalue weighted by Gasteiger charge is -2.25. The van der Waals surface area contributed by atoms with E-state index in [0.29, 0.717) is 36.9 Å². The number of esters is 1. The van der Waals surface area contributed by atoms with Crippen molar-refractivity contribution in [2.45, 2.75) is 13.0 Å². The zero-order valence-electron chi connectivity index (χ0n) is 21.6. The van der Waals surface area contributed by atoms with Crippen LogP contribution in [0.3, 0.4) is 0 Å². The second-order valence-electron chi connectivity index (χ2n) is 8.79. The maximum absolute atomic E-state index is 14.0. The van der Waals surface area contributed by atoms with E-state index in [2.05, 4.69) is 51.1 Å². The molecule has 206 valence electrons. The summed E-state index contributed by atoms with van der Waals surface area (Å²) in [4.78, 5) is 32.9. The first kappa shape index (κ1) is 29.6. The van der Waals surface area contributed by atoms with Gasteiger partial charge >= 0.3 is 5.97 Å². The minimum absolute atomic E-state index is 0.168. The number of fused-ring (bicyclic) bond motifs is 1. The van der Waals surface area contributed by atoms with Gasteiger partial charge in [-0.2, -0.15) is 0 Å². The molecule has 0 saturated carbocycles. The first-order valence-corrected chi connectivity index (χ1v) is 15.8. The SMILES string of the molecule is C#CCOc1c(I)cc(/C=c2\sc3n(c2=O)[C@H](c2ccc(Cl)cc2)C(C(=O)OCC)=C(c2ccccc2)N=3)cc1I. The van der Waals surface area contributed by atoms with Crippen molar-refractivity contribution in [1.82, 2.24) is 4.57 Å². The Kier molecular flexibility index (Phi) is 9.33. The summed E-state index contributed by atoms with van der Waals surface area (Å²) in [6, 6.07) is 19.7. The molecule has 5 rings (SSSR count). The predicted octanol–water partition coefficient (Wildman–Crippen LogP) is 5.81. The number of ether oxygens (including phenoxy) is 2. The molecule has 0 amide bonds. The highest BCUT2D eigenvalue weighted by Gasteiger charge is 2.35. The van der Waals surface area contributed by atoms with Gasteiger partial charge in [-0.05, 0) is 93.6 Å². The fourth-order valence-corrected chi connectivity index (χ4v) is 7.72. The van der Waals surface area contributed by atoms with Gasteiger partial charge in [0.25, 0.3) is 5.56 Å². The van der Waals surface area contributed by atoms with Gasteiger partial charge in [-0.15, -0.1) is 6.42 Å². The molecule has 0 fully saturated rings. The van der Waals surface area contributed by atoms with Gasteiger partial charge in [-0.3, -0.25) is 9.36 Å². The van der Waals surface area contributed by atoms with Crippen LogP contribution in [0.1, 0.15) is 29.7 Å². The van der Waals surface area contributed by atoms with E-state index in [0.717, 1.165) is 18.3 Å². The Morgan fingerprint density at radius 2 is 1.83 bits per heavy atom. The van der Waals surface area contributed by atoms with Crippen LogP contribution in [-0.4, -0.2) is 23.8 Å². The number of benzene rings is 3. The first-order valence-electron chi connectivity index (χ1n) is 12.4. The van der Waals surface area contributed by atoms with E-state index in [-0.39, 0.29) is 18.8 Å². The van der Waals surface area contributed by atoms with Crippen LogP contribution in [0.25, 0.3) is 11.8 Å². The fourth-order valence-electron chi connectivity index (χ4n) is 4.47. The average molecular weight is 807 g/mol. The Bertz CT molecular complexity index is 1870. The van der Waals surface area contributed by atoms with Crippen LogP contribution in [0.15, 0.2) is 82.1 Å². The number of thiazole rings is 1. The molecule has 0 unspecified atom stereocenters. The molecule has 0 bridgehead atoms. The zero-order valence-corrected chi connectivity index (χ0v) is 27.5. The molecule has 0 spiro atoms. The van der Waals surface area contributed by atoms with E-state index in [9.17, 15) is 9.59 Å². The Labute approximate surface area is 272 Å². The largest absolute Gasteiger partial charge is 0.479 e. The number of halogens is 3. The summed E-state index contributed by atoms with van der Waals surface area (Å²) >= 11 is 11.9. The molecule has 41 heavy (non-hydrogen) atoms. The number of carbonyl (C=O) groups is 1. The van der Waals surface area contributed by atoms with Gasteiger partial charge in [-0.25, -0.2) is 9.79 Å². The normalized spacial score (nSPS) is 14.7. The van der Waals surface area contributed by atoms with Crippen molar-refractivity contribution < 1.29 is 14.3 Å². The van der Waals surface area contributed by atoms with Crippen LogP contribution in [0.4, 0.5) is 0 Å². The van der Waals surface area contributed by atoms with Crippen LogP contribution < -0.4 is 19.6 Å². The van der Waals surface area contributed by atoms with Crippen molar-refractivity contribution in [2.24, 2.45) is 4.99 Å². The van der Waals surface area contributed by atoms with Crippen LogP contribution in [0.5, 0.6) is 5.75 Å². The standard InChI is InChI=1S/C31H21ClI2N2O4S/c1-3-14-40-28-22(33)15-18(16-23(28)34)17-24-29(37)36-27(20-10-12-21(32)13-11-20)25(30(38)39-4-2)26(35-31(36)41-24)19-8-6-5-7-9-19/h1,5-13,15-17,27H,4,14H2,2H3/b24-17-/t27-/m1/s1. The number of hydrogen-bond donors (Lipinski definition) is 0. The summed E-state index contributed by atoms with van der Waals surface area (Å²) in [5, 5.41) is 0.546. The lowest BCUT2D eigenvalue weighted by Crippen LogP contribution is -2.40. The molecule has 1 aliphatic rings. The van der Waals surface area contributed by atoms with Crippen molar-refractivity contribution in [3.63, 3.8) is 0 Å². The maximum Gasteiger partial charge on any atom is 0.338 e. The van der Waals surface area contributed by atoms with Gasteiger partial charge in [0, 0.05) is 10.6 Å². The second-order valence-corrected chi connectivity index (χ2v) is 12.6. The number of rotatable bonds is 7. The minimum Gasteiger partial charge on any atom is -0.479 e. The van der Waals surface area contributed by atoms with Gasteiger partial charge in [-0.1, -0.05) is 71.3 Å². The van der Waals surface area contributed by atoms with Gasteiger partial charge in [0.2, 0.25) is 0 Å². The summed E-state index contributed by atoms with van der Waals surface area (Å²) in [6.07, 6.45) is 7.18.